The van der Waals surface area contributed by atoms with E-state index in [1.165, 1.54) is 0 Å². The predicted molar refractivity (Wildman–Crippen MR) is 68.3 cm³/mol. The number of carboxylic acids is 2. The van der Waals surface area contributed by atoms with Gasteiger partial charge in [-0.05, 0) is 18.2 Å². The molecule has 2 N–H and O–H groups in total. The minimum Gasteiger partial charge on any atom is -0.478 e. The lowest BCUT2D eigenvalue weighted by Crippen LogP contribution is -2.45. The van der Waals surface area contributed by atoms with Gasteiger partial charge in [-0.15, -0.1) is 0 Å². The Labute approximate surface area is 138 Å². The van der Waals surface area contributed by atoms with Gasteiger partial charge in [0.25, 0.3) is 0 Å². The van der Waals surface area contributed by atoms with Crippen molar-refractivity contribution >= 4 is 11.9 Å². The van der Waals surface area contributed by atoms with Crippen molar-refractivity contribution in [3.8, 4) is 5.75 Å². The Bertz CT molecular complexity index is 872. The van der Waals surface area contributed by atoms with Crippen LogP contribution in [0, 0.1) is 0 Å². The molecule has 0 aliphatic heterocycles. The lowest BCUT2D eigenvalue weighted by atomic mass is 10.0. The summed E-state index contributed by atoms with van der Waals surface area (Å²) < 4.78 is 97.1. The molecule has 0 unspecified atom stereocenters. The molecule has 0 radical (unpaired) electrons. The van der Waals surface area contributed by atoms with Crippen molar-refractivity contribution in [3.63, 3.8) is 0 Å². The molecule has 26 heavy (non-hydrogen) atoms. The zero-order chi connectivity index (χ0) is 20.0. The molecule has 0 amide bonds. The lowest BCUT2D eigenvalue weighted by molar-refractivity contribution is -0.187. The molecule has 0 heterocycles. The van der Waals surface area contributed by atoms with Crippen molar-refractivity contribution in [1.29, 1.82) is 0 Å². The average Bonchev–Trinajstić information content (AvgIpc) is 2.56. The minimum absolute atomic E-state index is 0.377. The Hall–Kier alpha value is -3.05. The van der Waals surface area contributed by atoms with Gasteiger partial charge < -0.3 is 14.9 Å². The molecule has 0 aromatic heterocycles. The highest BCUT2D eigenvalue weighted by Gasteiger charge is 2.68. The fraction of sp³-hybridized carbons (Fsp3) is 0.143. The van der Waals surface area contributed by atoms with Gasteiger partial charge in [0.2, 0.25) is 23.2 Å². The maximum atomic E-state index is 13.6. The molecule has 1 aliphatic carbocycles. The van der Waals surface area contributed by atoms with Gasteiger partial charge in [0.1, 0.15) is 5.75 Å². The van der Waals surface area contributed by atoms with E-state index in [0.29, 0.717) is 18.2 Å². The van der Waals surface area contributed by atoms with Gasteiger partial charge in [0.05, 0.1) is 11.1 Å². The SMILES string of the molecule is O=C(O)c1ccc(OC2=C(F)C(F)(F)C(F)(F)C(F)=C2F)cc1C(=O)O. The molecule has 5 nitrogen and oxygen atoms in total. The van der Waals surface area contributed by atoms with Gasteiger partial charge in [-0.25, -0.2) is 18.4 Å². The third-order valence-electron chi connectivity index (χ3n) is 3.21. The molecule has 0 bridgehead atoms. The first-order valence-corrected chi connectivity index (χ1v) is 6.32. The van der Waals surface area contributed by atoms with Gasteiger partial charge in [-0.2, -0.15) is 22.0 Å². The zero-order valence-electron chi connectivity index (χ0n) is 12.0. The predicted octanol–water partition coefficient (Wildman–Crippen LogP) is 4.08. The minimum atomic E-state index is -5.80. The molecule has 0 atom stereocenters. The van der Waals surface area contributed by atoms with E-state index in [4.69, 9.17) is 10.2 Å². The Morgan fingerprint density at radius 2 is 1.35 bits per heavy atom. The highest BCUT2D eigenvalue weighted by molar-refractivity contribution is 6.02. The maximum Gasteiger partial charge on any atom is 0.371 e. The van der Waals surface area contributed by atoms with Crippen LogP contribution in [0.3, 0.4) is 0 Å². The average molecular weight is 386 g/mol. The quantitative estimate of drug-likeness (QED) is 0.762. The van der Waals surface area contributed by atoms with Gasteiger partial charge in [0, 0.05) is 0 Å². The highest BCUT2D eigenvalue weighted by Crippen LogP contribution is 2.52. The first-order valence-electron chi connectivity index (χ1n) is 6.32. The standard InChI is InChI=1S/C14H5F7O5/c15-7-8(10(17)14(20,21)13(18,19)9(7)16)26-4-1-2-5(11(22)23)6(3-4)12(24)25/h1-3H,(H,22,23)(H,24,25). The molecule has 1 aliphatic rings. The molecule has 1 aromatic rings. The summed E-state index contributed by atoms with van der Waals surface area (Å²) in [6.07, 6.45) is 0. The molecular weight excluding hydrogens is 381 g/mol. The molecular formula is C14H5F7O5. The number of ether oxygens (including phenoxy) is 1. The number of halogens is 7. The van der Waals surface area contributed by atoms with Crippen molar-refractivity contribution in [1.82, 2.24) is 0 Å². The monoisotopic (exact) mass is 386 g/mol. The number of rotatable bonds is 4. The van der Waals surface area contributed by atoms with Gasteiger partial charge in [-0.1, -0.05) is 0 Å². The van der Waals surface area contributed by atoms with Crippen LogP contribution in [-0.4, -0.2) is 34.0 Å². The summed E-state index contributed by atoms with van der Waals surface area (Å²) in [6.45, 7) is 0. The lowest BCUT2D eigenvalue weighted by Gasteiger charge is -2.28. The smallest absolute Gasteiger partial charge is 0.371 e. The summed E-state index contributed by atoms with van der Waals surface area (Å²) in [6, 6.07) is 1.57. The fourth-order valence-electron chi connectivity index (χ4n) is 1.91. The van der Waals surface area contributed by atoms with Crippen molar-refractivity contribution in [3.05, 3.63) is 52.6 Å². The van der Waals surface area contributed by atoms with Gasteiger partial charge >= 0.3 is 23.8 Å². The van der Waals surface area contributed by atoms with Crippen LogP contribution in [0.5, 0.6) is 5.75 Å². The molecule has 1 aromatic carbocycles. The second-order valence-corrected chi connectivity index (χ2v) is 4.84. The fourth-order valence-corrected chi connectivity index (χ4v) is 1.91. The number of carboxylic acid groups (broad SMARTS) is 2. The van der Waals surface area contributed by atoms with E-state index >= 15 is 0 Å². The number of hydrogen-bond acceptors (Lipinski definition) is 3. The maximum absolute atomic E-state index is 13.6. The summed E-state index contributed by atoms with van der Waals surface area (Å²) in [5, 5.41) is 17.7. The second-order valence-electron chi connectivity index (χ2n) is 4.84. The Kier molecular flexibility index (Phi) is 4.48. The van der Waals surface area contributed by atoms with E-state index < -0.39 is 63.9 Å². The van der Waals surface area contributed by atoms with Crippen molar-refractivity contribution in [2.24, 2.45) is 0 Å². The first kappa shape index (κ1) is 19.3. The van der Waals surface area contributed by atoms with Crippen LogP contribution in [0.2, 0.25) is 0 Å². The van der Waals surface area contributed by atoms with E-state index in [0.717, 1.165) is 0 Å². The first-order chi connectivity index (χ1) is 11.8. The van der Waals surface area contributed by atoms with Crippen molar-refractivity contribution in [2.75, 3.05) is 0 Å². The van der Waals surface area contributed by atoms with E-state index in [-0.39, 0.29) is 0 Å². The van der Waals surface area contributed by atoms with E-state index in [2.05, 4.69) is 4.74 Å². The van der Waals surface area contributed by atoms with Crippen LogP contribution in [0.15, 0.2) is 41.4 Å². The number of benzene rings is 1. The summed E-state index contributed by atoms with van der Waals surface area (Å²) >= 11 is 0. The van der Waals surface area contributed by atoms with E-state index in [1.54, 1.807) is 0 Å². The largest absolute Gasteiger partial charge is 0.478 e. The zero-order valence-corrected chi connectivity index (χ0v) is 12.0. The summed E-state index contributed by atoms with van der Waals surface area (Å²) in [7, 11) is 0. The summed E-state index contributed by atoms with van der Waals surface area (Å²) in [5.41, 5.74) is -1.75. The summed E-state index contributed by atoms with van der Waals surface area (Å²) in [5.74, 6) is -27.4. The number of hydrogen-bond donors (Lipinski definition) is 2. The Balaban J connectivity index is 2.56. The van der Waals surface area contributed by atoms with E-state index in [1.807, 2.05) is 0 Å². The third kappa shape index (κ3) is 2.76. The van der Waals surface area contributed by atoms with Gasteiger partial charge in [0.15, 0.2) is 0 Å². The van der Waals surface area contributed by atoms with Crippen LogP contribution in [0.25, 0.3) is 0 Å². The Morgan fingerprint density at radius 1 is 0.846 bits per heavy atom. The number of aromatic carboxylic acids is 2. The highest BCUT2D eigenvalue weighted by atomic mass is 19.3. The number of carbonyl (C=O) groups is 2. The molecule has 0 spiro atoms. The van der Waals surface area contributed by atoms with Gasteiger partial charge in [-0.3, -0.25) is 0 Å². The van der Waals surface area contributed by atoms with Crippen LogP contribution < -0.4 is 4.74 Å². The molecule has 0 saturated heterocycles. The van der Waals surface area contributed by atoms with Crippen molar-refractivity contribution < 1.29 is 55.3 Å². The van der Waals surface area contributed by atoms with Crippen LogP contribution in [-0.2, 0) is 0 Å². The molecule has 12 heteroatoms. The summed E-state index contributed by atoms with van der Waals surface area (Å²) in [4.78, 5) is 21.8. The number of alkyl halides is 4. The third-order valence-corrected chi connectivity index (χ3v) is 3.21. The topological polar surface area (TPSA) is 83.8 Å². The van der Waals surface area contributed by atoms with Crippen LogP contribution >= 0.6 is 0 Å². The molecule has 2 rings (SSSR count). The van der Waals surface area contributed by atoms with Crippen LogP contribution in [0.4, 0.5) is 30.7 Å². The molecule has 0 saturated carbocycles. The number of allylic oxidation sites excluding steroid dienone is 3. The second kappa shape index (κ2) is 6.04. The van der Waals surface area contributed by atoms with E-state index in [9.17, 15) is 40.3 Å². The molecule has 140 valence electrons. The van der Waals surface area contributed by atoms with Crippen LogP contribution in [0.1, 0.15) is 20.7 Å². The molecule has 0 fully saturated rings. The Morgan fingerprint density at radius 3 is 1.85 bits per heavy atom. The normalized spacial score (nSPS) is 18.7. The van der Waals surface area contributed by atoms with Crippen molar-refractivity contribution in [2.45, 2.75) is 11.8 Å².